The summed E-state index contributed by atoms with van der Waals surface area (Å²) in [6.07, 6.45) is 4.55. The van der Waals surface area contributed by atoms with Gasteiger partial charge in [0.25, 0.3) is 0 Å². The van der Waals surface area contributed by atoms with Crippen molar-refractivity contribution in [2.75, 3.05) is 31.1 Å². The Balaban J connectivity index is 1.29. The molecule has 11 heteroatoms. The number of amides is 1. The molecule has 3 aromatic heterocycles. The Labute approximate surface area is 243 Å². The summed E-state index contributed by atoms with van der Waals surface area (Å²) in [4.78, 5) is 25.6. The van der Waals surface area contributed by atoms with Crippen LogP contribution in [0.3, 0.4) is 0 Å². The normalized spacial score (nSPS) is 15.8. The van der Waals surface area contributed by atoms with E-state index in [-0.39, 0.29) is 17.4 Å². The van der Waals surface area contributed by atoms with E-state index >= 15 is 0 Å². The van der Waals surface area contributed by atoms with E-state index in [4.69, 9.17) is 38.7 Å². The Morgan fingerprint density at radius 1 is 1.05 bits per heavy atom. The van der Waals surface area contributed by atoms with Crippen molar-refractivity contribution in [3.63, 3.8) is 0 Å². The third kappa shape index (κ3) is 5.73. The molecule has 2 atom stereocenters. The smallest absolute Gasteiger partial charge is 0.240 e. The molecule has 1 unspecified atom stereocenters. The standard InChI is InChI=1S/C29H33Cl2N7O2/c1-17(25-21(30)15-33-16-22(25)31)40-19-6-7-23-20(13-19)26(36-35-23)18-5-8-24(34-14-18)37-9-11-38(12-10-37)28(39)27(32)29(2,3)4/h5-8,13-17,27H,9-12,32H2,1-4H3,(H,35,36)/t17-,27?/m1/s1. The van der Waals surface area contributed by atoms with Gasteiger partial charge in [0.05, 0.1) is 21.6 Å². The number of hydrogen-bond acceptors (Lipinski definition) is 7. The Hall–Kier alpha value is -3.40. The molecule has 0 saturated carbocycles. The number of aromatic amines is 1. The molecule has 0 spiro atoms. The number of halogens is 2. The number of ether oxygens (including phenoxy) is 1. The number of anilines is 1. The molecule has 210 valence electrons. The zero-order chi connectivity index (χ0) is 28.6. The molecule has 5 rings (SSSR count). The van der Waals surface area contributed by atoms with Gasteiger partial charge in [0.2, 0.25) is 5.91 Å². The molecule has 1 saturated heterocycles. The fourth-order valence-corrected chi connectivity index (χ4v) is 5.47. The van der Waals surface area contributed by atoms with E-state index in [0.29, 0.717) is 47.5 Å². The first-order valence-electron chi connectivity index (χ1n) is 13.2. The Morgan fingerprint density at radius 3 is 2.38 bits per heavy atom. The van der Waals surface area contributed by atoms with Crippen molar-refractivity contribution in [1.29, 1.82) is 0 Å². The molecule has 1 aliphatic heterocycles. The molecule has 1 aliphatic rings. The molecule has 0 bridgehead atoms. The third-order valence-electron chi connectivity index (χ3n) is 7.28. The molecular formula is C29H33Cl2N7O2. The Bertz CT molecular complexity index is 1490. The second kappa shape index (κ2) is 11.2. The zero-order valence-electron chi connectivity index (χ0n) is 23.0. The molecule has 0 aliphatic carbocycles. The van der Waals surface area contributed by atoms with Crippen LogP contribution in [0, 0.1) is 5.41 Å². The number of nitrogens with two attached hydrogens (primary N) is 1. The number of nitrogens with zero attached hydrogens (tertiary/aromatic N) is 5. The first-order valence-corrected chi connectivity index (χ1v) is 14.0. The largest absolute Gasteiger partial charge is 0.486 e. The van der Waals surface area contributed by atoms with Gasteiger partial charge in [-0.15, -0.1) is 0 Å². The number of rotatable bonds is 6. The predicted molar refractivity (Wildman–Crippen MR) is 159 cm³/mol. The summed E-state index contributed by atoms with van der Waals surface area (Å²) >= 11 is 12.6. The van der Waals surface area contributed by atoms with E-state index in [9.17, 15) is 4.79 Å². The van der Waals surface area contributed by atoms with Crippen molar-refractivity contribution in [3.8, 4) is 17.0 Å². The maximum Gasteiger partial charge on any atom is 0.240 e. The molecule has 3 N–H and O–H groups in total. The van der Waals surface area contributed by atoms with Gasteiger partial charge in [-0.2, -0.15) is 5.10 Å². The number of H-pyrrole nitrogens is 1. The summed E-state index contributed by atoms with van der Waals surface area (Å²) in [6, 6.07) is 9.24. The molecule has 4 aromatic rings. The number of piperazine rings is 1. The summed E-state index contributed by atoms with van der Waals surface area (Å²) in [7, 11) is 0. The number of aromatic nitrogens is 4. The number of carbonyl (C=O) groups is 1. The quantitative estimate of drug-likeness (QED) is 0.309. The molecule has 40 heavy (non-hydrogen) atoms. The van der Waals surface area contributed by atoms with Gasteiger partial charge in [-0.05, 0) is 42.7 Å². The van der Waals surface area contributed by atoms with E-state index in [2.05, 4.69) is 20.1 Å². The van der Waals surface area contributed by atoms with Crippen LogP contribution < -0.4 is 15.4 Å². The van der Waals surface area contributed by atoms with E-state index in [1.165, 1.54) is 0 Å². The molecule has 9 nitrogen and oxygen atoms in total. The average Bonchev–Trinajstić information content (AvgIpc) is 3.35. The van der Waals surface area contributed by atoms with Crippen molar-refractivity contribution in [1.82, 2.24) is 25.1 Å². The monoisotopic (exact) mass is 581 g/mol. The van der Waals surface area contributed by atoms with Crippen LogP contribution in [0.5, 0.6) is 5.75 Å². The predicted octanol–water partition coefficient (Wildman–Crippen LogP) is 5.49. The van der Waals surface area contributed by atoms with Crippen LogP contribution in [0.4, 0.5) is 5.82 Å². The fraction of sp³-hybridized carbons (Fsp3) is 0.379. The van der Waals surface area contributed by atoms with Crippen molar-refractivity contribution in [2.45, 2.75) is 39.8 Å². The lowest BCUT2D eigenvalue weighted by atomic mass is 9.86. The lowest BCUT2D eigenvalue weighted by Gasteiger charge is -2.38. The average molecular weight is 583 g/mol. The van der Waals surface area contributed by atoms with Gasteiger partial charge < -0.3 is 20.3 Å². The van der Waals surface area contributed by atoms with Gasteiger partial charge in [-0.1, -0.05) is 44.0 Å². The van der Waals surface area contributed by atoms with Gasteiger partial charge in [-0.25, -0.2) is 4.98 Å². The minimum atomic E-state index is -0.513. The maximum atomic E-state index is 12.8. The highest BCUT2D eigenvalue weighted by molar-refractivity contribution is 6.35. The number of hydrogen-bond donors (Lipinski definition) is 2. The maximum absolute atomic E-state index is 12.8. The fourth-order valence-electron chi connectivity index (χ4n) is 4.80. The van der Waals surface area contributed by atoms with Crippen molar-refractivity contribution in [2.24, 2.45) is 11.1 Å². The van der Waals surface area contributed by atoms with Crippen molar-refractivity contribution >= 4 is 45.8 Å². The highest BCUT2D eigenvalue weighted by Gasteiger charge is 2.32. The lowest BCUT2D eigenvalue weighted by molar-refractivity contribution is -0.135. The number of pyridine rings is 2. The van der Waals surface area contributed by atoms with Crippen LogP contribution in [-0.2, 0) is 4.79 Å². The van der Waals surface area contributed by atoms with E-state index in [1.54, 1.807) is 12.4 Å². The first kappa shape index (κ1) is 28.1. The highest BCUT2D eigenvalue weighted by atomic mass is 35.5. The van der Waals surface area contributed by atoms with E-state index in [1.807, 2.05) is 69.1 Å². The van der Waals surface area contributed by atoms with Crippen LogP contribution in [0.2, 0.25) is 10.0 Å². The molecule has 1 fully saturated rings. The third-order valence-corrected chi connectivity index (χ3v) is 7.88. The highest BCUT2D eigenvalue weighted by Crippen LogP contribution is 2.35. The van der Waals surface area contributed by atoms with Gasteiger partial charge in [0, 0.05) is 61.3 Å². The van der Waals surface area contributed by atoms with Gasteiger partial charge in [0.15, 0.2) is 0 Å². The van der Waals surface area contributed by atoms with Crippen LogP contribution >= 0.6 is 23.2 Å². The molecular weight excluding hydrogens is 549 g/mol. The summed E-state index contributed by atoms with van der Waals surface area (Å²) in [5.74, 6) is 1.53. The second-order valence-electron chi connectivity index (χ2n) is 11.1. The summed E-state index contributed by atoms with van der Waals surface area (Å²) in [5, 5.41) is 9.45. The van der Waals surface area contributed by atoms with Crippen molar-refractivity contribution in [3.05, 3.63) is 64.5 Å². The van der Waals surface area contributed by atoms with Crippen LogP contribution in [0.1, 0.15) is 39.4 Å². The molecule has 1 amide bonds. The Morgan fingerprint density at radius 2 is 1.75 bits per heavy atom. The first-order chi connectivity index (χ1) is 19.0. The molecule has 1 aromatic carbocycles. The summed E-state index contributed by atoms with van der Waals surface area (Å²) < 4.78 is 6.19. The topological polar surface area (TPSA) is 113 Å². The second-order valence-corrected chi connectivity index (χ2v) is 11.9. The van der Waals surface area contributed by atoms with Crippen LogP contribution in [-0.4, -0.2) is 63.2 Å². The number of nitrogens with one attached hydrogen (secondary N) is 1. The summed E-state index contributed by atoms with van der Waals surface area (Å²) in [6.45, 7) is 10.5. The lowest BCUT2D eigenvalue weighted by Crippen LogP contribution is -2.56. The summed E-state index contributed by atoms with van der Waals surface area (Å²) in [5.41, 5.74) is 9.16. The number of fused-ring (bicyclic) bond motifs is 1. The van der Waals surface area contributed by atoms with Crippen LogP contribution in [0.25, 0.3) is 22.2 Å². The Kier molecular flexibility index (Phi) is 7.90. The van der Waals surface area contributed by atoms with Crippen molar-refractivity contribution < 1.29 is 9.53 Å². The van der Waals surface area contributed by atoms with E-state index in [0.717, 1.165) is 28.0 Å². The minimum Gasteiger partial charge on any atom is -0.486 e. The number of carbonyl (C=O) groups excluding carboxylic acids is 1. The number of benzene rings is 1. The van der Waals surface area contributed by atoms with Gasteiger partial charge >= 0.3 is 0 Å². The minimum absolute atomic E-state index is 0.00517. The van der Waals surface area contributed by atoms with Gasteiger partial charge in [-0.3, -0.25) is 14.9 Å². The van der Waals surface area contributed by atoms with Gasteiger partial charge in [0.1, 0.15) is 23.4 Å². The van der Waals surface area contributed by atoms with E-state index < -0.39 is 6.04 Å². The zero-order valence-corrected chi connectivity index (χ0v) is 24.5. The molecule has 0 radical (unpaired) electrons. The van der Waals surface area contributed by atoms with Crippen LogP contribution in [0.15, 0.2) is 48.9 Å². The molecule has 4 heterocycles. The SMILES string of the molecule is C[C@@H](Oc1ccc2[nH]nc(-c3ccc(N4CCN(C(=O)C(N)C(C)(C)C)CC4)nc3)c2c1)c1c(Cl)cncc1Cl.